The summed E-state index contributed by atoms with van der Waals surface area (Å²) in [5.41, 5.74) is 1.22. The van der Waals surface area contributed by atoms with Crippen LogP contribution < -0.4 is 10.5 Å². The van der Waals surface area contributed by atoms with Crippen LogP contribution in [-0.4, -0.2) is 41.6 Å². The number of aryl methyl sites for hydroxylation is 2. The molecule has 0 saturated heterocycles. The maximum Gasteiger partial charge on any atom is 0.341 e. The number of ether oxygens (including phenoxy) is 1. The molecular weight excluding hydrogens is 420 g/mol. The average molecular weight is 442 g/mol. The molecule has 0 spiro atoms. The van der Waals surface area contributed by atoms with Crippen LogP contribution in [0.2, 0.25) is 0 Å². The van der Waals surface area contributed by atoms with E-state index < -0.39 is 10.9 Å². The van der Waals surface area contributed by atoms with E-state index in [4.69, 9.17) is 4.74 Å². The van der Waals surface area contributed by atoms with Crippen LogP contribution in [0.5, 0.6) is 0 Å². The molecule has 162 valence electrons. The van der Waals surface area contributed by atoms with Crippen molar-refractivity contribution in [3.05, 3.63) is 60.5 Å². The van der Waals surface area contributed by atoms with Gasteiger partial charge in [0.25, 0.3) is 11.2 Å². The smallest absolute Gasteiger partial charge is 0.341 e. The number of nitro benzene ring substituents is 1. The molecule has 0 unspecified atom stereocenters. The highest BCUT2D eigenvalue weighted by Crippen LogP contribution is 2.30. The number of carbonyl (C=O) groups excluding carboxylic acids is 1. The van der Waals surface area contributed by atoms with Crippen molar-refractivity contribution in [2.45, 2.75) is 20.8 Å². The van der Waals surface area contributed by atoms with E-state index in [0.29, 0.717) is 21.5 Å². The third-order valence-corrected chi connectivity index (χ3v) is 5.88. The summed E-state index contributed by atoms with van der Waals surface area (Å²) in [4.78, 5) is 46.6. The van der Waals surface area contributed by atoms with Crippen LogP contribution in [0.25, 0.3) is 21.9 Å². The highest BCUT2D eigenvalue weighted by atomic mass is 32.1. The minimum Gasteiger partial charge on any atom is -0.462 e. The summed E-state index contributed by atoms with van der Waals surface area (Å²) in [6.45, 7) is 5.53. The average Bonchev–Trinajstić information content (AvgIpc) is 2.99. The molecule has 0 radical (unpaired) electrons. The Balaban J connectivity index is 2.21. The highest BCUT2D eigenvalue weighted by molar-refractivity contribution is 7.18. The number of aromatic amines is 1. The molecule has 0 atom stereocenters. The lowest BCUT2D eigenvalue weighted by molar-refractivity contribution is -0.384. The molecule has 9 nitrogen and oxygen atoms in total. The second-order valence-corrected chi connectivity index (χ2v) is 8.26. The van der Waals surface area contributed by atoms with Crippen LogP contribution in [0.15, 0.2) is 23.0 Å². The normalized spacial score (nSPS) is 11.6. The number of benzene rings is 1. The minimum atomic E-state index is -0.686. The van der Waals surface area contributed by atoms with Gasteiger partial charge in [-0.25, -0.2) is 9.78 Å². The van der Waals surface area contributed by atoms with Gasteiger partial charge >= 0.3 is 5.97 Å². The van der Waals surface area contributed by atoms with Gasteiger partial charge in [0.05, 0.1) is 16.9 Å². The Hall–Kier alpha value is -3.53. The zero-order chi connectivity index (χ0) is 22.9. The van der Waals surface area contributed by atoms with Gasteiger partial charge in [-0.2, -0.15) is 0 Å². The highest BCUT2D eigenvalue weighted by Gasteiger charge is 2.21. The molecule has 0 saturated carbocycles. The second-order valence-electron chi connectivity index (χ2n) is 7.06. The van der Waals surface area contributed by atoms with Crippen molar-refractivity contribution in [3.8, 4) is 0 Å². The van der Waals surface area contributed by atoms with E-state index in [1.165, 1.54) is 23.5 Å². The summed E-state index contributed by atoms with van der Waals surface area (Å²) in [6, 6.07) is 4.61. The predicted octanol–water partition coefficient (Wildman–Crippen LogP) is 3.68. The molecule has 3 aromatic rings. The molecule has 1 aromatic carbocycles. The molecule has 2 heterocycles. The number of hydrogen-bond donors (Lipinski definition) is 1. The zero-order valence-corrected chi connectivity index (χ0v) is 18.6. The van der Waals surface area contributed by atoms with Crippen molar-refractivity contribution in [1.82, 2.24) is 9.97 Å². The van der Waals surface area contributed by atoms with Gasteiger partial charge in [-0.3, -0.25) is 14.9 Å². The van der Waals surface area contributed by atoms with Crippen molar-refractivity contribution in [2.75, 3.05) is 25.6 Å². The first-order valence-electron chi connectivity index (χ1n) is 9.49. The molecule has 10 heteroatoms. The largest absolute Gasteiger partial charge is 0.462 e. The van der Waals surface area contributed by atoms with E-state index >= 15 is 0 Å². The van der Waals surface area contributed by atoms with Crippen molar-refractivity contribution in [1.29, 1.82) is 0 Å². The lowest BCUT2D eigenvalue weighted by Gasteiger charge is -2.13. The molecule has 0 bridgehead atoms. The number of nitrogens with zero attached hydrogens (tertiary/aromatic N) is 3. The van der Waals surface area contributed by atoms with E-state index in [0.717, 1.165) is 10.4 Å². The second kappa shape index (κ2) is 8.68. The van der Waals surface area contributed by atoms with Crippen molar-refractivity contribution >= 4 is 50.5 Å². The summed E-state index contributed by atoms with van der Waals surface area (Å²) in [6.07, 6.45) is 1.43. The molecule has 0 fully saturated rings. The topological polar surface area (TPSA) is 118 Å². The Bertz CT molecular complexity index is 1270. The number of rotatable bonds is 6. The Morgan fingerprint density at radius 1 is 1.35 bits per heavy atom. The van der Waals surface area contributed by atoms with Crippen molar-refractivity contribution in [2.24, 2.45) is 0 Å². The SMILES string of the molecule is CCOC(=O)/C(=C\c1ccc(N(C)C)c([N+](=O)[O-])c1)c1nc2sc(C)c(C)c2c(=O)[nH]1. The van der Waals surface area contributed by atoms with Crippen molar-refractivity contribution in [3.63, 3.8) is 0 Å². The summed E-state index contributed by atoms with van der Waals surface area (Å²) in [5, 5.41) is 12.0. The molecule has 2 aromatic heterocycles. The monoisotopic (exact) mass is 442 g/mol. The standard InChI is InChI=1S/C21H22N4O5S/c1-6-30-21(27)14(9-13-7-8-15(24(4)5)16(10-13)25(28)29)18-22-19(26)17-11(2)12(3)31-20(17)23-18/h7-10H,6H2,1-5H3,(H,22,23,26)/b14-9-. The van der Waals surface area contributed by atoms with Crippen LogP contribution in [0.1, 0.15) is 28.8 Å². The fourth-order valence-corrected chi connectivity index (χ4v) is 4.17. The van der Waals surface area contributed by atoms with Gasteiger partial charge in [0.15, 0.2) is 0 Å². The maximum absolute atomic E-state index is 12.7. The van der Waals surface area contributed by atoms with Gasteiger partial charge in [-0.05, 0) is 44.0 Å². The number of anilines is 1. The third-order valence-electron chi connectivity index (χ3n) is 4.78. The van der Waals surface area contributed by atoms with Gasteiger partial charge in [0, 0.05) is 25.0 Å². The Kier molecular flexibility index (Phi) is 6.21. The Morgan fingerprint density at radius 3 is 2.68 bits per heavy atom. The van der Waals surface area contributed by atoms with E-state index in [1.807, 2.05) is 13.8 Å². The van der Waals surface area contributed by atoms with E-state index in [2.05, 4.69) is 9.97 Å². The van der Waals surface area contributed by atoms with E-state index in [-0.39, 0.29) is 29.3 Å². The quantitative estimate of drug-likeness (QED) is 0.268. The van der Waals surface area contributed by atoms with Crippen LogP contribution in [0.4, 0.5) is 11.4 Å². The van der Waals surface area contributed by atoms with Gasteiger partial charge in [-0.15, -0.1) is 11.3 Å². The molecule has 1 N–H and O–H groups in total. The van der Waals surface area contributed by atoms with Crippen LogP contribution in [0, 0.1) is 24.0 Å². The number of nitrogens with one attached hydrogen (secondary N) is 1. The van der Waals surface area contributed by atoms with E-state index in [9.17, 15) is 19.7 Å². The molecule has 3 rings (SSSR count). The van der Waals surface area contributed by atoms with Gasteiger partial charge < -0.3 is 14.6 Å². The van der Waals surface area contributed by atoms with Crippen molar-refractivity contribution < 1.29 is 14.5 Å². The van der Waals surface area contributed by atoms with Crippen LogP contribution >= 0.6 is 11.3 Å². The number of esters is 1. The Morgan fingerprint density at radius 2 is 2.06 bits per heavy atom. The number of hydrogen-bond acceptors (Lipinski definition) is 8. The molecule has 0 amide bonds. The van der Waals surface area contributed by atoms with Crippen LogP contribution in [0.3, 0.4) is 0 Å². The minimum absolute atomic E-state index is 0.0106. The lowest BCUT2D eigenvalue weighted by atomic mass is 10.1. The summed E-state index contributed by atoms with van der Waals surface area (Å²) >= 11 is 1.36. The van der Waals surface area contributed by atoms with Gasteiger partial charge in [0.2, 0.25) is 0 Å². The number of thiophene rings is 1. The lowest BCUT2D eigenvalue weighted by Crippen LogP contribution is -2.16. The van der Waals surface area contributed by atoms with Gasteiger partial charge in [-0.1, -0.05) is 6.07 Å². The fourth-order valence-electron chi connectivity index (χ4n) is 3.14. The van der Waals surface area contributed by atoms with Gasteiger partial charge in [0.1, 0.15) is 21.9 Å². The first kappa shape index (κ1) is 22.2. The predicted molar refractivity (Wildman–Crippen MR) is 122 cm³/mol. The molecule has 31 heavy (non-hydrogen) atoms. The number of fused-ring (bicyclic) bond motifs is 1. The Labute approximate surface area is 182 Å². The van der Waals surface area contributed by atoms with E-state index in [1.54, 1.807) is 38.1 Å². The first-order chi connectivity index (χ1) is 14.6. The molecule has 0 aliphatic carbocycles. The number of aromatic nitrogens is 2. The maximum atomic E-state index is 12.7. The third kappa shape index (κ3) is 4.33. The fraction of sp³-hybridized carbons (Fsp3) is 0.286. The summed E-state index contributed by atoms with van der Waals surface area (Å²) in [5.74, 6) is -0.633. The number of nitro groups is 1. The zero-order valence-electron chi connectivity index (χ0n) is 17.8. The molecule has 0 aliphatic heterocycles. The molecule has 0 aliphatic rings. The summed E-state index contributed by atoms with van der Waals surface area (Å²) in [7, 11) is 3.41. The van der Waals surface area contributed by atoms with Crippen LogP contribution in [-0.2, 0) is 9.53 Å². The number of carbonyl (C=O) groups is 1. The first-order valence-corrected chi connectivity index (χ1v) is 10.3. The number of H-pyrrole nitrogens is 1. The molecular formula is C21H22N4O5S. The summed E-state index contributed by atoms with van der Waals surface area (Å²) < 4.78 is 5.14.